The van der Waals surface area contributed by atoms with Crippen molar-refractivity contribution in [1.82, 2.24) is 4.90 Å². The van der Waals surface area contributed by atoms with Crippen LogP contribution >= 0.6 is 24.0 Å². The first-order valence-corrected chi connectivity index (χ1v) is 7.78. The number of carbonyl (C=O) groups excluding carboxylic acids is 1. The third-order valence-electron chi connectivity index (χ3n) is 2.78. The molecule has 0 radical (unpaired) electrons. The van der Waals surface area contributed by atoms with Crippen molar-refractivity contribution in [1.29, 1.82) is 0 Å². The van der Waals surface area contributed by atoms with Gasteiger partial charge in [-0.25, -0.2) is 4.39 Å². The van der Waals surface area contributed by atoms with E-state index in [0.29, 0.717) is 5.69 Å². The number of anilines is 1. The highest BCUT2D eigenvalue weighted by Gasteiger charge is 2.18. The van der Waals surface area contributed by atoms with Crippen LogP contribution in [0.15, 0.2) is 24.3 Å². The van der Waals surface area contributed by atoms with E-state index in [9.17, 15) is 9.18 Å². The van der Waals surface area contributed by atoms with Crippen molar-refractivity contribution >= 4 is 39.9 Å². The van der Waals surface area contributed by atoms with E-state index in [-0.39, 0.29) is 17.0 Å². The first-order chi connectivity index (χ1) is 9.47. The molecule has 6 heteroatoms. The molecule has 1 N–H and O–H groups in total. The van der Waals surface area contributed by atoms with Gasteiger partial charge in [-0.2, -0.15) is 0 Å². The van der Waals surface area contributed by atoms with Gasteiger partial charge in [0.05, 0.1) is 5.25 Å². The fraction of sp³-hybridized carbons (Fsp3) is 0.429. The van der Waals surface area contributed by atoms with Crippen LogP contribution in [0.4, 0.5) is 10.1 Å². The third kappa shape index (κ3) is 5.09. The molecule has 0 saturated heterocycles. The summed E-state index contributed by atoms with van der Waals surface area (Å²) in [5.41, 5.74) is 0.581. The van der Waals surface area contributed by atoms with Crippen molar-refractivity contribution in [3.8, 4) is 0 Å². The van der Waals surface area contributed by atoms with Crippen LogP contribution in [0, 0.1) is 5.82 Å². The SMILES string of the molecule is CCN(CC)C(=S)S[C@H](C)C(=O)Nc1ccc(F)cc1. The molecule has 0 spiro atoms. The smallest absolute Gasteiger partial charge is 0.237 e. The highest BCUT2D eigenvalue weighted by Crippen LogP contribution is 2.18. The van der Waals surface area contributed by atoms with Gasteiger partial charge in [-0.3, -0.25) is 4.79 Å². The van der Waals surface area contributed by atoms with E-state index < -0.39 is 0 Å². The molecule has 0 fully saturated rings. The molecule has 0 aliphatic carbocycles. The monoisotopic (exact) mass is 314 g/mol. The molecule has 110 valence electrons. The largest absolute Gasteiger partial charge is 0.358 e. The summed E-state index contributed by atoms with van der Waals surface area (Å²) in [6, 6.07) is 5.70. The Hall–Kier alpha value is -1.14. The lowest BCUT2D eigenvalue weighted by Gasteiger charge is -2.22. The summed E-state index contributed by atoms with van der Waals surface area (Å²) < 4.78 is 13.5. The van der Waals surface area contributed by atoms with Crippen LogP contribution in [0.2, 0.25) is 0 Å². The molecule has 1 atom stereocenters. The van der Waals surface area contributed by atoms with Gasteiger partial charge in [0.2, 0.25) is 5.91 Å². The molecular formula is C14H19FN2OS2. The number of hydrogen-bond acceptors (Lipinski definition) is 3. The van der Waals surface area contributed by atoms with Gasteiger partial charge in [0.25, 0.3) is 0 Å². The van der Waals surface area contributed by atoms with Crippen molar-refractivity contribution in [3.63, 3.8) is 0 Å². The van der Waals surface area contributed by atoms with Crippen molar-refractivity contribution < 1.29 is 9.18 Å². The second-order valence-electron chi connectivity index (χ2n) is 4.19. The van der Waals surface area contributed by atoms with Crippen LogP contribution in [0.25, 0.3) is 0 Å². The standard InChI is InChI=1S/C14H19FN2OS2/c1-4-17(5-2)14(19)20-10(3)13(18)16-12-8-6-11(15)7-9-12/h6-10H,4-5H2,1-3H3,(H,16,18)/t10-/m1/s1. The summed E-state index contributed by atoms with van der Waals surface area (Å²) in [5, 5.41) is 2.45. The minimum atomic E-state index is -0.326. The fourth-order valence-corrected chi connectivity index (χ4v) is 3.11. The molecule has 0 heterocycles. The number of carbonyl (C=O) groups is 1. The van der Waals surface area contributed by atoms with Gasteiger partial charge in [-0.05, 0) is 45.0 Å². The second-order valence-corrected chi connectivity index (χ2v) is 6.17. The predicted molar refractivity (Wildman–Crippen MR) is 87.6 cm³/mol. The fourth-order valence-electron chi connectivity index (χ4n) is 1.54. The minimum absolute atomic E-state index is 0.142. The number of halogens is 1. The first-order valence-electron chi connectivity index (χ1n) is 6.49. The Labute approximate surface area is 128 Å². The normalized spacial score (nSPS) is 11.8. The molecule has 1 aromatic rings. The second kappa shape index (κ2) is 8.21. The molecule has 0 aromatic heterocycles. The zero-order chi connectivity index (χ0) is 15.1. The number of hydrogen-bond donors (Lipinski definition) is 1. The van der Waals surface area contributed by atoms with Crippen LogP contribution in [-0.2, 0) is 4.79 Å². The summed E-state index contributed by atoms with van der Waals surface area (Å²) in [7, 11) is 0. The Morgan fingerprint density at radius 2 is 1.90 bits per heavy atom. The Kier molecular flexibility index (Phi) is 6.95. The van der Waals surface area contributed by atoms with E-state index in [1.807, 2.05) is 18.7 Å². The van der Waals surface area contributed by atoms with Gasteiger partial charge in [-0.15, -0.1) is 0 Å². The predicted octanol–water partition coefficient (Wildman–Crippen LogP) is 3.51. The highest BCUT2D eigenvalue weighted by atomic mass is 32.2. The first kappa shape index (κ1) is 16.9. The molecule has 0 aliphatic heterocycles. The van der Waals surface area contributed by atoms with Crippen molar-refractivity contribution in [2.24, 2.45) is 0 Å². The number of amides is 1. The van der Waals surface area contributed by atoms with Crippen molar-refractivity contribution in [2.75, 3.05) is 18.4 Å². The molecule has 1 amide bonds. The molecule has 20 heavy (non-hydrogen) atoms. The zero-order valence-electron chi connectivity index (χ0n) is 11.9. The maximum atomic E-state index is 12.8. The van der Waals surface area contributed by atoms with Crippen LogP contribution in [0.3, 0.4) is 0 Å². The highest BCUT2D eigenvalue weighted by molar-refractivity contribution is 8.23. The minimum Gasteiger partial charge on any atom is -0.358 e. The number of thiocarbonyl (C=S) groups is 1. The number of nitrogens with zero attached hydrogens (tertiary/aromatic N) is 1. The topological polar surface area (TPSA) is 32.3 Å². The van der Waals surface area contributed by atoms with E-state index in [4.69, 9.17) is 12.2 Å². The molecule has 1 rings (SSSR count). The van der Waals surface area contributed by atoms with Gasteiger partial charge in [0, 0.05) is 18.8 Å². The lowest BCUT2D eigenvalue weighted by molar-refractivity contribution is -0.115. The molecule has 1 aromatic carbocycles. The van der Waals surface area contributed by atoms with Crippen LogP contribution in [-0.4, -0.2) is 33.5 Å². The summed E-state index contributed by atoms with van der Waals surface area (Å²) >= 11 is 6.67. The van der Waals surface area contributed by atoms with E-state index >= 15 is 0 Å². The van der Waals surface area contributed by atoms with Crippen molar-refractivity contribution in [2.45, 2.75) is 26.0 Å². The lowest BCUT2D eigenvalue weighted by Crippen LogP contribution is -2.31. The van der Waals surface area contributed by atoms with E-state index in [0.717, 1.165) is 17.4 Å². The molecule has 0 aliphatic rings. The van der Waals surface area contributed by atoms with Gasteiger partial charge < -0.3 is 10.2 Å². The van der Waals surface area contributed by atoms with Crippen LogP contribution in [0.5, 0.6) is 0 Å². The van der Waals surface area contributed by atoms with Crippen LogP contribution < -0.4 is 5.32 Å². The Balaban J connectivity index is 2.54. The summed E-state index contributed by atoms with van der Waals surface area (Å²) in [6.07, 6.45) is 0. The Bertz CT molecular complexity index is 461. The molecule has 0 saturated carbocycles. The zero-order valence-corrected chi connectivity index (χ0v) is 13.5. The van der Waals surface area contributed by atoms with Crippen LogP contribution in [0.1, 0.15) is 20.8 Å². The number of rotatable bonds is 5. The van der Waals surface area contributed by atoms with Gasteiger partial charge >= 0.3 is 0 Å². The lowest BCUT2D eigenvalue weighted by atomic mass is 10.3. The van der Waals surface area contributed by atoms with Crippen molar-refractivity contribution in [3.05, 3.63) is 30.1 Å². The molecule has 0 unspecified atom stereocenters. The maximum absolute atomic E-state index is 12.8. The van der Waals surface area contributed by atoms with E-state index in [1.54, 1.807) is 6.92 Å². The Morgan fingerprint density at radius 1 is 1.35 bits per heavy atom. The molecule has 3 nitrogen and oxygen atoms in total. The number of thioether (sulfide) groups is 1. The molecule has 0 bridgehead atoms. The van der Waals surface area contributed by atoms with Gasteiger partial charge in [0.1, 0.15) is 10.1 Å². The van der Waals surface area contributed by atoms with E-state index in [2.05, 4.69) is 5.32 Å². The number of benzene rings is 1. The number of nitrogens with one attached hydrogen (secondary N) is 1. The summed E-state index contributed by atoms with van der Waals surface area (Å²) in [6.45, 7) is 7.52. The quantitative estimate of drug-likeness (QED) is 0.843. The maximum Gasteiger partial charge on any atom is 0.237 e. The Morgan fingerprint density at radius 3 is 2.40 bits per heavy atom. The van der Waals surface area contributed by atoms with Gasteiger partial charge in [-0.1, -0.05) is 24.0 Å². The summed E-state index contributed by atoms with van der Waals surface area (Å²) in [5.74, 6) is -0.468. The van der Waals surface area contributed by atoms with E-state index in [1.165, 1.54) is 36.0 Å². The average Bonchev–Trinajstić information content (AvgIpc) is 2.42. The average molecular weight is 314 g/mol. The molecular weight excluding hydrogens is 295 g/mol. The third-order valence-corrected chi connectivity index (χ3v) is 4.35. The summed E-state index contributed by atoms with van der Waals surface area (Å²) in [4.78, 5) is 14.1. The van der Waals surface area contributed by atoms with Gasteiger partial charge in [0.15, 0.2) is 0 Å².